The number of aryl methyl sites for hydroxylation is 1. The normalized spacial score (nSPS) is 10.6. The predicted octanol–water partition coefficient (Wildman–Crippen LogP) is 1.75. The van der Waals surface area contributed by atoms with Gasteiger partial charge in [0.25, 0.3) is 0 Å². The Balaban J connectivity index is 2.29. The summed E-state index contributed by atoms with van der Waals surface area (Å²) in [7, 11) is 1.70. The van der Waals surface area contributed by atoms with Crippen molar-refractivity contribution in [2.45, 2.75) is 19.9 Å². The van der Waals surface area contributed by atoms with E-state index in [1.165, 1.54) is 5.56 Å². The molecule has 0 fully saturated rings. The largest absolute Gasteiger partial charge is 0.496 e. The van der Waals surface area contributed by atoms with Gasteiger partial charge >= 0.3 is 0 Å². The second-order valence-electron chi connectivity index (χ2n) is 4.29. The Labute approximate surface area is 107 Å². The zero-order chi connectivity index (χ0) is 13.0. The van der Waals surface area contributed by atoms with Crippen molar-refractivity contribution in [3.8, 4) is 5.75 Å². The van der Waals surface area contributed by atoms with Gasteiger partial charge in [-0.15, -0.1) is 0 Å². The molecule has 18 heavy (non-hydrogen) atoms. The van der Waals surface area contributed by atoms with Crippen LogP contribution in [0.4, 0.5) is 0 Å². The lowest BCUT2D eigenvalue weighted by Gasteiger charge is -2.12. The Kier molecular flexibility index (Phi) is 3.99. The molecule has 0 saturated carbocycles. The molecule has 0 saturated heterocycles. The van der Waals surface area contributed by atoms with E-state index < -0.39 is 0 Å². The Hall–Kier alpha value is -1.81. The van der Waals surface area contributed by atoms with Crippen LogP contribution in [0, 0.1) is 6.92 Å². The third kappa shape index (κ3) is 2.71. The van der Waals surface area contributed by atoms with Gasteiger partial charge in [-0.25, -0.2) is 4.98 Å². The van der Waals surface area contributed by atoms with E-state index in [2.05, 4.69) is 21.7 Å². The summed E-state index contributed by atoms with van der Waals surface area (Å²) in [5.74, 6) is 1.91. The number of hydrogen-bond acceptors (Lipinski definition) is 3. The van der Waals surface area contributed by atoms with Gasteiger partial charge in [0.1, 0.15) is 11.6 Å². The van der Waals surface area contributed by atoms with E-state index in [0.29, 0.717) is 6.54 Å². The van der Waals surface area contributed by atoms with Crippen LogP contribution in [0.3, 0.4) is 0 Å². The standard InChI is InChI=1S/C14H19N3O/c1-11-16-7-8-17(11)10-13-9-12(5-6-15)3-4-14(13)18-2/h3-4,7-9H,5-6,10,15H2,1-2H3. The summed E-state index contributed by atoms with van der Waals surface area (Å²) in [5.41, 5.74) is 7.99. The molecule has 96 valence electrons. The first-order valence-electron chi connectivity index (χ1n) is 6.08. The molecule has 4 nitrogen and oxygen atoms in total. The van der Waals surface area contributed by atoms with Crippen LogP contribution in [-0.2, 0) is 13.0 Å². The molecule has 1 aromatic heterocycles. The van der Waals surface area contributed by atoms with Gasteiger partial charge in [0, 0.05) is 18.0 Å². The molecule has 0 aliphatic heterocycles. The minimum Gasteiger partial charge on any atom is -0.496 e. The fourth-order valence-corrected chi connectivity index (χ4v) is 2.03. The summed E-state index contributed by atoms with van der Waals surface area (Å²) in [6.45, 7) is 3.43. The summed E-state index contributed by atoms with van der Waals surface area (Å²) in [4.78, 5) is 4.23. The van der Waals surface area contributed by atoms with Crippen LogP contribution in [0.5, 0.6) is 5.75 Å². The van der Waals surface area contributed by atoms with Crippen molar-refractivity contribution in [3.05, 3.63) is 47.5 Å². The van der Waals surface area contributed by atoms with E-state index >= 15 is 0 Å². The first kappa shape index (κ1) is 12.6. The number of hydrogen-bond donors (Lipinski definition) is 1. The van der Waals surface area contributed by atoms with Crippen molar-refractivity contribution in [3.63, 3.8) is 0 Å². The zero-order valence-corrected chi connectivity index (χ0v) is 10.9. The number of nitrogens with zero attached hydrogens (tertiary/aromatic N) is 2. The Morgan fingerprint density at radius 1 is 1.39 bits per heavy atom. The molecule has 0 radical (unpaired) electrons. The van der Waals surface area contributed by atoms with E-state index in [1.807, 2.05) is 25.4 Å². The van der Waals surface area contributed by atoms with Gasteiger partial charge in [-0.05, 0) is 31.5 Å². The summed E-state index contributed by atoms with van der Waals surface area (Å²) in [5, 5.41) is 0. The summed E-state index contributed by atoms with van der Waals surface area (Å²) in [6, 6.07) is 6.23. The fourth-order valence-electron chi connectivity index (χ4n) is 2.03. The number of nitrogens with two attached hydrogens (primary N) is 1. The third-order valence-electron chi connectivity index (χ3n) is 3.04. The molecule has 2 rings (SSSR count). The summed E-state index contributed by atoms with van der Waals surface area (Å²) < 4.78 is 7.50. The predicted molar refractivity (Wildman–Crippen MR) is 71.8 cm³/mol. The van der Waals surface area contributed by atoms with Gasteiger partial charge in [-0.3, -0.25) is 0 Å². The lowest BCUT2D eigenvalue weighted by Crippen LogP contribution is -2.06. The van der Waals surface area contributed by atoms with Gasteiger partial charge in [0.15, 0.2) is 0 Å². The molecule has 0 spiro atoms. The van der Waals surface area contributed by atoms with Crippen molar-refractivity contribution in [2.75, 3.05) is 13.7 Å². The number of rotatable bonds is 5. The first-order valence-corrected chi connectivity index (χ1v) is 6.08. The Morgan fingerprint density at radius 2 is 2.22 bits per heavy atom. The molecule has 2 aromatic rings. The highest BCUT2D eigenvalue weighted by molar-refractivity contribution is 5.37. The van der Waals surface area contributed by atoms with Crippen LogP contribution in [0.25, 0.3) is 0 Å². The van der Waals surface area contributed by atoms with Crippen LogP contribution < -0.4 is 10.5 Å². The Bertz CT molecular complexity index is 520. The highest BCUT2D eigenvalue weighted by atomic mass is 16.5. The molecule has 0 amide bonds. The second-order valence-corrected chi connectivity index (χ2v) is 4.29. The first-order chi connectivity index (χ1) is 8.74. The molecule has 0 aliphatic carbocycles. The topological polar surface area (TPSA) is 53.1 Å². The average molecular weight is 245 g/mol. The number of imidazole rings is 1. The van der Waals surface area contributed by atoms with Crippen LogP contribution in [0.1, 0.15) is 17.0 Å². The second kappa shape index (κ2) is 5.69. The Morgan fingerprint density at radius 3 is 2.83 bits per heavy atom. The highest BCUT2D eigenvalue weighted by Crippen LogP contribution is 2.21. The number of benzene rings is 1. The van der Waals surface area contributed by atoms with Crippen molar-refractivity contribution >= 4 is 0 Å². The molecule has 0 aliphatic rings. The summed E-state index contributed by atoms with van der Waals surface area (Å²) >= 11 is 0. The van der Waals surface area contributed by atoms with Gasteiger partial charge in [0.2, 0.25) is 0 Å². The SMILES string of the molecule is COc1ccc(CCN)cc1Cn1ccnc1C. The molecule has 0 unspecified atom stereocenters. The van der Waals surface area contributed by atoms with Crippen molar-refractivity contribution in [2.24, 2.45) is 5.73 Å². The van der Waals surface area contributed by atoms with Crippen LogP contribution in [-0.4, -0.2) is 23.2 Å². The minimum absolute atomic E-state index is 0.663. The quantitative estimate of drug-likeness (QED) is 0.873. The van der Waals surface area contributed by atoms with E-state index in [-0.39, 0.29) is 0 Å². The number of methoxy groups -OCH3 is 1. The fraction of sp³-hybridized carbons (Fsp3) is 0.357. The summed E-state index contributed by atoms with van der Waals surface area (Å²) in [6.07, 6.45) is 4.68. The molecule has 2 N–H and O–H groups in total. The zero-order valence-electron chi connectivity index (χ0n) is 10.9. The van der Waals surface area contributed by atoms with E-state index in [1.54, 1.807) is 7.11 Å². The van der Waals surface area contributed by atoms with E-state index in [9.17, 15) is 0 Å². The van der Waals surface area contributed by atoms with E-state index in [0.717, 1.165) is 30.1 Å². The van der Waals surface area contributed by atoms with Gasteiger partial charge < -0.3 is 15.0 Å². The van der Waals surface area contributed by atoms with E-state index in [4.69, 9.17) is 10.5 Å². The van der Waals surface area contributed by atoms with Gasteiger partial charge in [-0.1, -0.05) is 12.1 Å². The van der Waals surface area contributed by atoms with Gasteiger partial charge in [0.05, 0.1) is 13.7 Å². The monoisotopic (exact) mass is 245 g/mol. The average Bonchev–Trinajstić information content (AvgIpc) is 2.76. The number of ether oxygens (including phenoxy) is 1. The van der Waals surface area contributed by atoms with Crippen molar-refractivity contribution in [1.29, 1.82) is 0 Å². The van der Waals surface area contributed by atoms with Crippen LogP contribution in [0.2, 0.25) is 0 Å². The highest BCUT2D eigenvalue weighted by Gasteiger charge is 2.06. The molecule has 1 aromatic carbocycles. The van der Waals surface area contributed by atoms with Crippen LogP contribution >= 0.6 is 0 Å². The van der Waals surface area contributed by atoms with Crippen LogP contribution in [0.15, 0.2) is 30.6 Å². The molecular weight excluding hydrogens is 226 g/mol. The third-order valence-corrected chi connectivity index (χ3v) is 3.04. The van der Waals surface area contributed by atoms with Crippen molar-refractivity contribution < 1.29 is 4.74 Å². The maximum atomic E-state index is 5.59. The van der Waals surface area contributed by atoms with Gasteiger partial charge in [-0.2, -0.15) is 0 Å². The minimum atomic E-state index is 0.663. The smallest absolute Gasteiger partial charge is 0.123 e. The molecular formula is C14H19N3O. The van der Waals surface area contributed by atoms with Crippen molar-refractivity contribution in [1.82, 2.24) is 9.55 Å². The molecule has 4 heteroatoms. The lowest BCUT2D eigenvalue weighted by atomic mass is 10.1. The maximum absolute atomic E-state index is 5.59. The lowest BCUT2D eigenvalue weighted by molar-refractivity contribution is 0.408. The molecule has 1 heterocycles. The molecule has 0 atom stereocenters. The molecule has 0 bridgehead atoms. The maximum Gasteiger partial charge on any atom is 0.123 e. The number of aromatic nitrogens is 2.